The molecule has 2 fully saturated rings. The van der Waals surface area contributed by atoms with Crippen LogP contribution in [0.4, 0.5) is 0 Å². The van der Waals surface area contributed by atoms with Crippen LogP contribution in [0.25, 0.3) is 0 Å². The summed E-state index contributed by atoms with van der Waals surface area (Å²) in [7, 11) is 0. The predicted octanol–water partition coefficient (Wildman–Crippen LogP) is 4.37. The van der Waals surface area contributed by atoms with E-state index >= 15 is 0 Å². The van der Waals surface area contributed by atoms with Gasteiger partial charge in [0.2, 0.25) is 0 Å². The van der Waals surface area contributed by atoms with Crippen molar-refractivity contribution in [1.29, 1.82) is 0 Å². The summed E-state index contributed by atoms with van der Waals surface area (Å²) in [6.45, 7) is 7.17. The molecular formula is C16H31N. The first-order valence-corrected chi connectivity index (χ1v) is 7.93. The number of hydrogen-bond donors (Lipinski definition) is 1. The Bertz CT molecular complexity index is 210. The molecule has 0 bridgehead atoms. The second-order valence-electron chi connectivity index (χ2n) is 6.88. The van der Waals surface area contributed by atoms with Gasteiger partial charge in [-0.05, 0) is 50.4 Å². The van der Waals surface area contributed by atoms with Crippen LogP contribution < -0.4 is 5.32 Å². The van der Waals surface area contributed by atoms with E-state index in [0.717, 1.165) is 29.8 Å². The molecule has 2 saturated carbocycles. The van der Waals surface area contributed by atoms with Crippen molar-refractivity contribution in [3.05, 3.63) is 0 Å². The first-order chi connectivity index (χ1) is 8.16. The fourth-order valence-corrected chi connectivity index (χ4v) is 3.66. The maximum absolute atomic E-state index is 3.90. The Morgan fingerprint density at radius 2 is 1.41 bits per heavy atom. The summed E-state index contributed by atoms with van der Waals surface area (Å²) >= 11 is 0. The van der Waals surface area contributed by atoms with E-state index in [2.05, 4.69) is 26.1 Å². The lowest BCUT2D eigenvalue weighted by molar-refractivity contribution is 0.145. The molecule has 1 N–H and O–H groups in total. The molecule has 100 valence electrons. The van der Waals surface area contributed by atoms with Gasteiger partial charge in [-0.15, -0.1) is 0 Å². The molecule has 0 aromatic heterocycles. The fourth-order valence-electron chi connectivity index (χ4n) is 3.66. The van der Waals surface area contributed by atoms with Crippen molar-refractivity contribution in [3.63, 3.8) is 0 Å². The Morgan fingerprint density at radius 1 is 0.824 bits per heavy atom. The van der Waals surface area contributed by atoms with Crippen LogP contribution in [0.5, 0.6) is 0 Å². The molecule has 0 radical (unpaired) electrons. The van der Waals surface area contributed by atoms with E-state index in [1.165, 1.54) is 51.4 Å². The lowest BCUT2D eigenvalue weighted by Crippen LogP contribution is -2.48. The smallest absolute Gasteiger partial charge is 0.00751 e. The summed E-state index contributed by atoms with van der Waals surface area (Å²) in [4.78, 5) is 0. The third kappa shape index (κ3) is 3.71. The molecule has 2 rings (SSSR count). The highest BCUT2D eigenvalue weighted by Gasteiger charge is 2.32. The van der Waals surface area contributed by atoms with Crippen molar-refractivity contribution < 1.29 is 0 Å². The molecule has 0 aromatic carbocycles. The van der Waals surface area contributed by atoms with E-state index in [1.54, 1.807) is 0 Å². The zero-order chi connectivity index (χ0) is 12.3. The minimum atomic E-state index is 0.756. The Hall–Kier alpha value is -0.0400. The Labute approximate surface area is 108 Å². The third-order valence-corrected chi connectivity index (χ3v) is 5.22. The molecule has 0 aromatic rings. The molecule has 17 heavy (non-hydrogen) atoms. The van der Waals surface area contributed by atoms with Crippen LogP contribution in [0, 0.1) is 17.8 Å². The lowest BCUT2D eigenvalue weighted by Gasteiger charge is -2.41. The monoisotopic (exact) mass is 237 g/mol. The normalized spacial score (nSPS) is 33.2. The number of hydrogen-bond acceptors (Lipinski definition) is 1. The van der Waals surface area contributed by atoms with Gasteiger partial charge in [0.05, 0.1) is 0 Å². The standard InChI is InChI=1S/C16H31N/c1-12(2)15-10-16(11-15)17-13(3)14-8-6-4-5-7-9-14/h12-17H,4-11H2,1-3H3/t13-,15?,16?/m0/s1. The Morgan fingerprint density at radius 3 is 1.94 bits per heavy atom. The summed E-state index contributed by atoms with van der Waals surface area (Å²) in [6, 6.07) is 1.59. The van der Waals surface area contributed by atoms with Crippen molar-refractivity contribution >= 4 is 0 Å². The highest BCUT2D eigenvalue weighted by atomic mass is 15.0. The van der Waals surface area contributed by atoms with E-state index in [4.69, 9.17) is 0 Å². The van der Waals surface area contributed by atoms with Crippen molar-refractivity contribution in [1.82, 2.24) is 5.32 Å². The van der Waals surface area contributed by atoms with Gasteiger partial charge in [-0.2, -0.15) is 0 Å². The van der Waals surface area contributed by atoms with Gasteiger partial charge in [0.1, 0.15) is 0 Å². The zero-order valence-electron chi connectivity index (χ0n) is 12.0. The van der Waals surface area contributed by atoms with Gasteiger partial charge < -0.3 is 5.32 Å². The molecule has 0 unspecified atom stereocenters. The number of rotatable bonds is 4. The number of nitrogens with one attached hydrogen (secondary N) is 1. The molecule has 1 atom stereocenters. The molecular weight excluding hydrogens is 206 g/mol. The summed E-state index contributed by atoms with van der Waals surface area (Å²) in [5, 5.41) is 3.90. The second-order valence-corrected chi connectivity index (χ2v) is 6.88. The quantitative estimate of drug-likeness (QED) is 0.716. The Kier molecular flexibility index (Phi) is 4.90. The summed E-state index contributed by atoms with van der Waals surface area (Å²) < 4.78 is 0. The molecule has 1 nitrogen and oxygen atoms in total. The maximum atomic E-state index is 3.90. The van der Waals surface area contributed by atoms with E-state index in [1.807, 2.05) is 0 Å². The fraction of sp³-hybridized carbons (Fsp3) is 1.00. The van der Waals surface area contributed by atoms with Crippen molar-refractivity contribution in [2.75, 3.05) is 0 Å². The van der Waals surface area contributed by atoms with Gasteiger partial charge in [-0.3, -0.25) is 0 Å². The molecule has 2 aliphatic carbocycles. The van der Waals surface area contributed by atoms with E-state index < -0.39 is 0 Å². The van der Waals surface area contributed by atoms with Crippen LogP contribution in [-0.4, -0.2) is 12.1 Å². The molecule has 0 aliphatic heterocycles. The molecule has 0 amide bonds. The van der Waals surface area contributed by atoms with Gasteiger partial charge in [0.25, 0.3) is 0 Å². The topological polar surface area (TPSA) is 12.0 Å². The van der Waals surface area contributed by atoms with Crippen LogP contribution in [0.15, 0.2) is 0 Å². The second kappa shape index (κ2) is 6.22. The average molecular weight is 237 g/mol. The minimum Gasteiger partial charge on any atom is -0.311 e. The zero-order valence-corrected chi connectivity index (χ0v) is 12.0. The van der Waals surface area contributed by atoms with Crippen LogP contribution in [0.2, 0.25) is 0 Å². The average Bonchev–Trinajstić information content (AvgIpc) is 2.50. The molecule has 2 aliphatic rings. The highest BCUT2D eigenvalue weighted by molar-refractivity contribution is 4.89. The SMILES string of the molecule is CC(C)C1CC(N[C@@H](C)C2CCCCCC2)C1. The van der Waals surface area contributed by atoms with Gasteiger partial charge in [0.15, 0.2) is 0 Å². The summed E-state index contributed by atoms with van der Waals surface area (Å²) in [6.07, 6.45) is 11.7. The largest absolute Gasteiger partial charge is 0.311 e. The molecule has 0 spiro atoms. The van der Waals surface area contributed by atoms with Crippen molar-refractivity contribution in [2.45, 2.75) is 84.2 Å². The molecule has 1 heteroatoms. The lowest BCUT2D eigenvalue weighted by atomic mass is 9.73. The van der Waals surface area contributed by atoms with Gasteiger partial charge in [-0.1, -0.05) is 39.5 Å². The van der Waals surface area contributed by atoms with E-state index in [0.29, 0.717) is 0 Å². The van der Waals surface area contributed by atoms with Gasteiger partial charge in [0, 0.05) is 12.1 Å². The van der Waals surface area contributed by atoms with Gasteiger partial charge >= 0.3 is 0 Å². The molecule has 0 saturated heterocycles. The van der Waals surface area contributed by atoms with Crippen LogP contribution in [-0.2, 0) is 0 Å². The minimum absolute atomic E-state index is 0.756. The first-order valence-electron chi connectivity index (χ1n) is 7.93. The van der Waals surface area contributed by atoms with Crippen molar-refractivity contribution in [2.24, 2.45) is 17.8 Å². The van der Waals surface area contributed by atoms with Crippen LogP contribution in [0.1, 0.15) is 72.1 Å². The first kappa shape index (κ1) is 13.4. The van der Waals surface area contributed by atoms with Gasteiger partial charge in [-0.25, -0.2) is 0 Å². The van der Waals surface area contributed by atoms with Crippen LogP contribution in [0.3, 0.4) is 0 Å². The Balaban J connectivity index is 1.68. The highest BCUT2D eigenvalue weighted by Crippen LogP contribution is 2.35. The van der Waals surface area contributed by atoms with Crippen molar-refractivity contribution in [3.8, 4) is 0 Å². The predicted molar refractivity (Wildman–Crippen MR) is 75.1 cm³/mol. The maximum Gasteiger partial charge on any atom is 0.00751 e. The van der Waals surface area contributed by atoms with E-state index in [-0.39, 0.29) is 0 Å². The summed E-state index contributed by atoms with van der Waals surface area (Å²) in [5.41, 5.74) is 0. The van der Waals surface area contributed by atoms with E-state index in [9.17, 15) is 0 Å². The molecule has 0 heterocycles. The third-order valence-electron chi connectivity index (χ3n) is 5.22. The summed E-state index contributed by atoms with van der Waals surface area (Å²) in [5.74, 6) is 2.84. The van der Waals surface area contributed by atoms with Crippen LogP contribution >= 0.6 is 0 Å².